The monoisotopic (exact) mass is 241 g/mol. The van der Waals surface area contributed by atoms with Gasteiger partial charge < -0.3 is 5.11 Å². The summed E-state index contributed by atoms with van der Waals surface area (Å²) in [6, 6.07) is 3.49. The van der Waals surface area contributed by atoms with Crippen LogP contribution in [0.3, 0.4) is 0 Å². The number of nitrogens with zero attached hydrogens (tertiary/aromatic N) is 1. The van der Waals surface area contributed by atoms with Crippen LogP contribution in [-0.4, -0.2) is 10.1 Å². The Balaban J connectivity index is 2.20. The van der Waals surface area contributed by atoms with Gasteiger partial charge >= 0.3 is 0 Å². The highest BCUT2D eigenvalue weighted by Crippen LogP contribution is 2.19. The van der Waals surface area contributed by atoms with Crippen molar-refractivity contribution < 1.29 is 13.9 Å². The second-order valence-corrected chi connectivity index (χ2v) is 4.49. The van der Waals surface area contributed by atoms with Crippen LogP contribution in [0.2, 0.25) is 0 Å². The molecule has 0 bridgehead atoms. The topological polar surface area (TPSA) is 33.1 Å². The van der Waals surface area contributed by atoms with Gasteiger partial charge in [-0.15, -0.1) is 11.3 Å². The highest BCUT2D eigenvalue weighted by molar-refractivity contribution is 7.11. The number of aliphatic hydroxyl groups is 1. The molecule has 1 heterocycles. The molecule has 0 aliphatic rings. The van der Waals surface area contributed by atoms with E-state index in [0.29, 0.717) is 17.0 Å². The fourth-order valence-electron chi connectivity index (χ4n) is 1.33. The summed E-state index contributed by atoms with van der Waals surface area (Å²) in [6.45, 7) is -0.0659. The smallest absolute Gasteiger partial charge is 0.129 e. The fourth-order valence-corrected chi connectivity index (χ4v) is 2.14. The number of hydrogen-bond donors (Lipinski definition) is 1. The molecule has 2 rings (SSSR count). The molecule has 1 aromatic heterocycles. The van der Waals surface area contributed by atoms with Gasteiger partial charge in [0.05, 0.1) is 16.5 Å². The molecule has 84 valence electrons. The van der Waals surface area contributed by atoms with Gasteiger partial charge in [0.1, 0.15) is 11.6 Å². The number of benzene rings is 1. The first-order chi connectivity index (χ1) is 7.69. The zero-order valence-electron chi connectivity index (χ0n) is 8.28. The van der Waals surface area contributed by atoms with Crippen LogP contribution in [0.1, 0.15) is 15.4 Å². The van der Waals surface area contributed by atoms with Gasteiger partial charge in [0.15, 0.2) is 0 Å². The van der Waals surface area contributed by atoms with Crippen LogP contribution in [0.5, 0.6) is 0 Å². The minimum absolute atomic E-state index is 0.0659. The summed E-state index contributed by atoms with van der Waals surface area (Å²) in [4.78, 5) is 4.78. The van der Waals surface area contributed by atoms with Crippen molar-refractivity contribution in [2.45, 2.75) is 13.0 Å². The fraction of sp³-hybridized carbons (Fsp3) is 0.182. The molecule has 5 heteroatoms. The van der Waals surface area contributed by atoms with E-state index >= 15 is 0 Å². The van der Waals surface area contributed by atoms with Crippen molar-refractivity contribution in [2.24, 2.45) is 0 Å². The first kappa shape index (κ1) is 11.2. The SMILES string of the molecule is OCc1cnc(Cc2ccc(F)cc2F)s1. The molecular weight excluding hydrogens is 232 g/mol. The summed E-state index contributed by atoms with van der Waals surface area (Å²) >= 11 is 1.32. The highest BCUT2D eigenvalue weighted by Gasteiger charge is 2.07. The van der Waals surface area contributed by atoms with Crippen molar-refractivity contribution in [1.82, 2.24) is 4.98 Å². The maximum absolute atomic E-state index is 13.3. The van der Waals surface area contributed by atoms with Crippen LogP contribution in [0, 0.1) is 11.6 Å². The lowest BCUT2D eigenvalue weighted by molar-refractivity contribution is 0.285. The molecule has 2 nitrogen and oxygen atoms in total. The highest BCUT2D eigenvalue weighted by atomic mass is 32.1. The van der Waals surface area contributed by atoms with Gasteiger partial charge in [-0.25, -0.2) is 13.8 Å². The first-order valence-corrected chi connectivity index (χ1v) is 5.49. The van der Waals surface area contributed by atoms with E-state index in [2.05, 4.69) is 4.98 Å². The molecule has 1 N–H and O–H groups in total. The van der Waals surface area contributed by atoms with Crippen molar-refractivity contribution in [1.29, 1.82) is 0 Å². The number of hydrogen-bond acceptors (Lipinski definition) is 3. The molecule has 0 saturated carbocycles. The van der Waals surface area contributed by atoms with E-state index in [4.69, 9.17) is 5.11 Å². The van der Waals surface area contributed by atoms with Crippen molar-refractivity contribution in [3.05, 3.63) is 51.5 Å². The zero-order chi connectivity index (χ0) is 11.5. The summed E-state index contributed by atoms with van der Waals surface area (Å²) in [5, 5.41) is 9.56. The second kappa shape index (κ2) is 4.67. The van der Waals surface area contributed by atoms with E-state index < -0.39 is 11.6 Å². The standard InChI is InChI=1S/C11H9F2NOS/c12-8-2-1-7(10(13)4-8)3-11-14-5-9(6-15)16-11/h1-2,4-5,15H,3,6H2. The number of rotatable bonds is 3. The molecule has 0 aliphatic heterocycles. The predicted octanol–water partition coefficient (Wildman–Crippen LogP) is 2.50. The molecular formula is C11H9F2NOS. The van der Waals surface area contributed by atoms with Gasteiger partial charge in [0.2, 0.25) is 0 Å². The number of aliphatic hydroxyl groups excluding tert-OH is 1. The number of thiazole rings is 1. The van der Waals surface area contributed by atoms with Crippen molar-refractivity contribution in [2.75, 3.05) is 0 Å². The number of aromatic nitrogens is 1. The van der Waals surface area contributed by atoms with Crippen LogP contribution in [0.15, 0.2) is 24.4 Å². The van der Waals surface area contributed by atoms with E-state index in [9.17, 15) is 8.78 Å². The average Bonchev–Trinajstić information content (AvgIpc) is 2.70. The van der Waals surface area contributed by atoms with Crippen molar-refractivity contribution in [3.8, 4) is 0 Å². The third-order valence-electron chi connectivity index (χ3n) is 2.11. The molecule has 0 aliphatic carbocycles. The van der Waals surface area contributed by atoms with E-state index in [1.807, 2.05) is 0 Å². The van der Waals surface area contributed by atoms with E-state index in [1.54, 1.807) is 6.20 Å². The Morgan fingerprint density at radius 2 is 2.12 bits per heavy atom. The summed E-state index contributed by atoms with van der Waals surface area (Å²) in [7, 11) is 0. The molecule has 16 heavy (non-hydrogen) atoms. The Kier molecular flexibility index (Phi) is 3.26. The third kappa shape index (κ3) is 2.43. The molecule has 0 saturated heterocycles. The van der Waals surface area contributed by atoms with Gasteiger partial charge in [-0.2, -0.15) is 0 Å². The second-order valence-electron chi connectivity index (χ2n) is 3.29. The van der Waals surface area contributed by atoms with Gasteiger partial charge in [-0.05, 0) is 11.6 Å². The Labute approximate surface area is 95.2 Å². The van der Waals surface area contributed by atoms with E-state index in [-0.39, 0.29) is 6.61 Å². The first-order valence-electron chi connectivity index (χ1n) is 4.67. The quantitative estimate of drug-likeness (QED) is 0.895. The Hall–Kier alpha value is -1.33. The Morgan fingerprint density at radius 3 is 2.75 bits per heavy atom. The van der Waals surface area contributed by atoms with Crippen LogP contribution in [0.25, 0.3) is 0 Å². The van der Waals surface area contributed by atoms with Crippen molar-refractivity contribution >= 4 is 11.3 Å². The van der Waals surface area contributed by atoms with Gasteiger partial charge in [-0.1, -0.05) is 6.07 Å². The maximum atomic E-state index is 13.3. The summed E-state index contributed by atoms with van der Waals surface area (Å²) in [5.41, 5.74) is 0.403. The average molecular weight is 241 g/mol. The molecule has 0 amide bonds. The largest absolute Gasteiger partial charge is 0.391 e. The summed E-state index contributed by atoms with van der Waals surface area (Å²) < 4.78 is 26.0. The van der Waals surface area contributed by atoms with Crippen LogP contribution in [-0.2, 0) is 13.0 Å². The van der Waals surface area contributed by atoms with Gasteiger partial charge in [0.25, 0.3) is 0 Å². The van der Waals surface area contributed by atoms with Crippen LogP contribution < -0.4 is 0 Å². The van der Waals surface area contributed by atoms with E-state index in [1.165, 1.54) is 23.5 Å². The molecule has 0 atom stereocenters. The van der Waals surface area contributed by atoms with Crippen LogP contribution >= 0.6 is 11.3 Å². The third-order valence-corrected chi connectivity index (χ3v) is 3.10. The number of halogens is 2. The minimum Gasteiger partial charge on any atom is -0.391 e. The molecule has 2 aromatic rings. The molecule has 1 aromatic carbocycles. The molecule has 0 fully saturated rings. The maximum Gasteiger partial charge on any atom is 0.129 e. The lowest BCUT2D eigenvalue weighted by Gasteiger charge is -2.00. The molecule has 0 radical (unpaired) electrons. The molecule has 0 unspecified atom stereocenters. The van der Waals surface area contributed by atoms with Crippen molar-refractivity contribution in [3.63, 3.8) is 0 Å². The predicted molar refractivity (Wildman–Crippen MR) is 57.2 cm³/mol. The van der Waals surface area contributed by atoms with Crippen LogP contribution in [0.4, 0.5) is 8.78 Å². The minimum atomic E-state index is -0.587. The lowest BCUT2D eigenvalue weighted by Crippen LogP contribution is -1.92. The van der Waals surface area contributed by atoms with Gasteiger partial charge in [-0.3, -0.25) is 0 Å². The van der Waals surface area contributed by atoms with E-state index in [0.717, 1.165) is 10.9 Å². The lowest BCUT2D eigenvalue weighted by atomic mass is 10.1. The Morgan fingerprint density at radius 1 is 1.31 bits per heavy atom. The zero-order valence-corrected chi connectivity index (χ0v) is 9.10. The molecule has 0 spiro atoms. The Bertz CT molecular complexity index is 498. The van der Waals surface area contributed by atoms with Gasteiger partial charge in [0, 0.05) is 18.7 Å². The summed E-state index contributed by atoms with van der Waals surface area (Å²) in [5.74, 6) is -1.16. The summed E-state index contributed by atoms with van der Waals surface area (Å²) in [6.07, 6.45) is 1.87. The normalized spacial score (nSPS) is 10.7.